The van der Waals surface area contributed by atoms with Gasteiger partial charge in [0.15, 0.2) is 11.5 Å². The fraction of sp³-hybridized carbons (Fsp3) is 0.125. The lowest BCUT2D eigenvalue weighted by Crippen LogP contribution is -2.01. The molecule has 0 aromatic carbocycles. The highest BCUT2D eigenvalue weighted by Crippen LogP contribution is 2.22. The van der Waals surface area contributed by atoms with E-state index in [1.54, 1.807) is 6.20 Å². The molecular formula is C16H12ClFN6. The Bertz CT molecular complexity index is 1050. The Morgan fingerprint density at radius 2 is 1.83 bits per heavy atom. The molecule has 0 aliphatic rings. The molecule has 0 radical (unpaired) electrons. The molecule has 4 aromatic heterocycles. The van der Waals surface area contributed by atoms with Crippen LogP contribution >= 0.6 is 11.6 Å². The SMILES string of the molecule is Cc1ccc(C)n1-c1nc2c(F)cc(-c3cncc(Cl)n3)cn2n1. The number of fused-ring (bicyclic) bond motifs is 1. The first-order valence-corrected chi connectivity index (χ1v) is 7.60. The summed E-state index contributed by atoms with van der Waals surface area (Å²) in [4.78, 5) is 12.4. The maximum absolute atomic E-state index is 14.5. The van der Waals surface area contributed by atoms with Crippen LogP contribution < -0.4 is 0 Å². The zero-order valence-electron chi connectivity index (χ0n) is 12.9. The van der Waals surface area contributed by atoms with Gasteiger partial charge in [0.2, 0.25) is 0 Å². The Kier molecular flexibility index (Phi) is 3.31. The molecule has 0 saturated heterocycles. The Hall–Kier alpha value is -2.80. The molecule has 4 rings (SSSR count). The van der Waals surface area contributed by atoms with Crippen molar-refractivity contribution in [3.05, 3.63) is 59.1 Å². The molecule has 0 fully saturated rings. The maximum atomic E-state index is 14.5. The van der Waals surface area contributed by atoms with E-state index in [4.69, 9.17) is 11.6 Å². The number of aryl methyl sites for hydroxylation is 2. The lowest BCUT2D eigenvalue weighted by Gasteiger charge is -2.02. The number of aromatic nitrogens is 6. The second-order valence-corrected chi connectivity index (χ2v) is 5.82. The summed E-state index contributed by atoms with van der Waals surface area (Å²) in [6.45, 7) is 3.89. The van der Waals surface area contributed by atoms with Crippen LogP contribution in [0.1, 0.15) is 11.4 Å². The molecule has 0 aliphatic heterocycles. The number of hydrogen-bond donors (Lipinski definition) is 0. The van der Waals surface area contributed by atoms with E-state index in [-0.39, 0.29) is 10.8 Å². The van der Waals surface area contributed by atoms with Gasteiger partial charge in [0.05, 0.1) is 18.1 Å². The van der Waals surface area contributed by atoms with E-state index in [1.165, 1.54) is 23.0 Å². The third-order valence-corrected chi connectivity index (χ3v) is 3.93. The molecule has 0 N–H and O–H groups in total. The Labute approximate surface area is 141 Å². The molecule has 4 heterocycles. The summed E-state index contributed by atoms with van der Waals surface area (Å²) in [5.41, 5.74) is 3.09. The van der Waals surface area contributed by atoms with Gasteiger partial charge in [0.1, 0.15) is 5.15 Å². The third-order valence-electron chi connectivity index (χ3n) is 3.75. The molecule has 0 aliphatic carbocycles. The van der Waals surface area contributed by atoms with Crippen LogP contribution in [-0.2, 0) is 0 Å². The quantitative estimate of drug-likeness (QED) is 0.560. The minimum Gasteiger partial charge on any atom is -0.286 e. The topological polar surface area (TPSA) is 60.9 Å². The van der Waals surface area contributed by atoms with Crippen molar-refractivity contribution in [2.75, 3.05) is 0 Å². The average Bonchev–Trinajstić information content (AvgIpc) is 3.10. The van der Waals surface area contributed by atoms with E-state index < -0.39 is 5.82 Å². The van der Waals surface area contributed by atoms with E-state index in [1.807, 2.05) is 30.5 Å². The number of hydrogen-bond acceptors (Lipinski definition) is 4. The normalized spacial score (nSPS) is 11.3. The minimum absolute atomic E-state index is 0.149. The van der Waals surface area contributed by atoms with Crippen LogP contribution in [0.4, 0.5) is 4.39 Å². The smallest absolute Gasteiger partial charge is 0.254 e. The van der Waals surface area contributed by atoms with Gasteiger partial charge in [0, 0.05) is 23.1 Å². The van der Waals surface area contributed by atoms with Gasteiger partial charge in [0.25, 0.3) is 5.95 Å². The van der Waals surface area contributed by atoms with Crippen molar-refractivity contribution in [2.45, 2.75) is 13.8 Å². The van der Waals surface area contributed by atoms with Crippen LogP contribution in [0.2, 0.25) is 5.15 Å². The zero-order valence-corrected chi connectivity index (χ0v) is 13.7. The second kappa shape index (κ2) is 5.38. The third kappa shape index (κ3) is 2.33. The summed E-state index contributed by atoms with van der Waals surface area (Å²) < 4.78 is 17.7. The van der Waals surface area contributed by atoms with Gasteiger partial charge in [-0.25, -0.2) is 13.9 Å². The largest absolute Gasteiger partial charge is 0.286 e. The predicted molar refractivity (Wildman–Crippen MR) is 87.8 cm³/mol. The van der Waals surface area contributed by atoms with E-state index in [0.29, 0.717) is 17.2 Å². The summed E-state index contributed by atoms with van der Waals surface area (Å²) in [6, 6.07) is 5.28. The molecule has 8 heteroatoms. The van der Waals surface area contributed by atoms with Gasteiger partial charge < -0.3 is 0 Å². The molecule has 0 bridgehead atoms. The second-order valence-electron chi connectivity index (χ2n) is 5.44. The zero-order chi connectivity index (χ0) is 16.8. The van der Waals surface area contributed by atoms with Crippen LogP contribution in [0.25, 0.3) is 22.9 Å². The molecule has 4 aromatic rings. The predicted octanol–water partition coefficient (Wildman–Crippen LogP) is 3.39. The van der Waals surface area contributed by atoms with E-state index in [0.717, 1.165) is 11.4 Å². The van der Waals surface area contributed by atoms with Gasteiger partial charge in [-0.15, -0.1) is 5.10 Å². The highest BCUT2D eigenvalue weighted by Gasteiger charge is 2.15. The fourth-order valence-corrected chi connectivity index (χ4v) is 2.78. The van der Waals surface area contributed by atoms with Crippen molar-refractivity contribution in [2.24, 2.45) is 0 Å². The highest BCUT2D eigenvalue weighted by atomic mass is 35.5. The molecule has 6 nitrogen and oxygen atoms in total. The summed E-state index contributed by atoms with van der Waals surface area (Å²) in [7, 11) is 0. The van der Waals surface area contributed by atoms with Crippen LogP contribution in [0, 0.1) is 19.7 Å². The lowest BCUT2D eigenvalue weighted by atomic mass is 10.2. The van der Waals surface area contributed by atoms with Crippen LogP contribution in [-0.4, -0.2) is 29.1 Å². The monoisotopic (exact) mass is 342 g/mol. The molecule has 0 saturated carbocycles. The van der Waals surface area contributed by atoms with Gasteiger partial charge in [-0.1, -0.05) is 11.6 Å². The van der Waals surface area contributed by atoms with Crippen molar-refractivity contribution >= 4 is 17.2 Å². The van der Waals surface area contributed by atoms with Crippen molar-refractivity contribution in [3.8, 4) is 17.2 Å². The Balaban J connectivity index is 1.90. The summed E-state index contributed by atoms with van der Waals surface area (Å²) in [5.74, 6) is -0.0706. The van der Waals surface area contributed by atoms with Gasteiger partial charge in [-0.2, -0.15) is 4.98 Å². The maximum Gasteiger partial charge on any atom is 0.254 e. The average molecular weight is 343 g/mol. The fourth-order valence-electron chi connectivity index (χ4n) is 2.63. The van der Waals surface area contributed by atoms with E-state index >= 15 is 0 Å². The van der Waals surface area contributed by atoms with Crippen LogP contribution in [0.3, 0.4) is 0 Å². The first kappa shape index (κ1) is 14.8. The number of pyridine rings is 1. The highest BCUT2D eigenvalue weighted by molar-refractivity contribution is 6.29. The van der Waals surface area contributed by atoms with Crippen molar-refractivity contribution in [1.29, 1.82) is 0 Å². The van der Waals surface area contributed by atoms with Gasteiger partial charge in [-0.05, 0) is 32.0 Å². The standard InChI is InChI=1S/C16H12ClFN6/c1-9-3-4-10(2)24(9)16-21-15-12(18)5-11(8-23(15)22-16)13-6-19-7-14(17)20-13/h3-8H,1-2H3. The lowest BCUT2D eigenvalue weighted by molar-refractivity contribution is 0.628. The number of halogens is 2. The van der Waals surface area contributed by atoms with Gasteiger partial charge in [-0.3, -0.25) is 9.55 Å². The molecule has 24 heavy (non-hydrogen) atoms. The van der Waals surface area contributed by atoms with Crippen molar-refractivity contribution in [3.63, 3.8) is 0 Å². The Morgan fingerprint density at radius 1 is 1.08 bits per heavy atom. The molecule has 0 unspecified atom stereocenters. The van der Waals surface area contributed by atoms with E-state index in [9.17, 15) is 4.39 Å². The number of rotatable bonds is 2. The molecule has 120 valence electrons. The summed E-state index contributed by atoms with van der Waals surface area (Å²) >= 11 is 5.85. The molecule has 0 amide bonds. The molecular weight excluding hydrogens is 331 g/mol. The minimum atomic E-state index is -0.490. The molecule has 0 atom stereocenters. The van der Waals surface area contributed by atoms with Gasteiger partial charge >= 0.3 is 0 Å². The van der Waals surface area contributed by atoms with E-state index in [2.05, 4.69) is 20.1 Å². The first-order chi connectivity index (χ1) is 11.5. The Morgan fingerprint density at radius 3 is 2.54 bits per heavy atom. The van der Waals surface area contributed by atoms with Crippen molar-refractivity contribution in [1.82, 2.24) is 29.1 Å². The van der Waals surface area contributed by atoms with Crippen LogP contribution in [0.5, 0.6) is 0 Å². The molecule has 0 spiro atoms. The van der Waals surface area contributed by atoms with Crippen LogP contribution in [0.15, 0.2) is 36.8 Å². The summed E-state index contributed by atoms with van der Waals surface area (Å²) in [5, 5.41) is 4.64. The number of nitrogens with zero attached hydrogens (tertiary/aromatic N) is 6. The van der Waals surface area contributed by atoms with Crippen molar-refractivity contribution < 1.29 is 4.39 Å². The summed E-state index contributed by atoms with van der Waals surface area (Å²) in [6.07, 6.45) is 4.60. The first-order valence-electron chi connectivity index (χ1n) is 7.22.